The molecule has 0 radical (unpaired) electrons. The third-order valence-electron chi connectivity index (χ3n) is 4.51. The first-order chi connectivity index (χ1) is 12.7. The normalized spacial score (nSPS) is 11.7. The van der Waals surface area contributed by atoms with Crippen molar-refractivity contribution in [2.75, 3.05) is 32.8 Å². The molecule has 2 N–H and O–H groups in total. The summed E-state index contributed by atoms with van der Waals surface area (Å²) in [6, 6.07) is 11.4. The summed E-state index contributed by atoms with van der Waals surface area (Å²) in [5.74, 6) is 0. The van der Waals surface area contributed by atoms with E-state index >= 15 is 0 Å². The van der Waals surface area contributed by atoms with E-state index in [2.05, 4.69) is 0 Å². The van der Waals surface area contributed by atoms with E-state index < -0.39 is 0 Å². The minimum absolute atomic E-state index is 0.0108. The van der Waals surface area contributed by atoms with Gasteiger partial charge in [0.1, 0.15) is 0 Å². The third-order valence-corrected chi connectivity index (χ3v) is 6.07. The molecule has 0 aliphatic rings. The van der Waals surface area contributed by atoms with Crippen molar-refractivity contribution in [1.82, 2.24) is 4.90 Å². The van der Waals surface area contributed by atoms with Crippen molar-refractivity contribution in [3.63, 3.8) is 0 Å². The Morgan fingerprint density at radius 2 is 1.73 bits per heavy atom. The van der Waals surface area contributed by atoms with Gasteiger partial charge < -0.3 is 10.2 Å². The monoisotopic (exact) mass is 391 g/mol. The highest BCUT2D eigenvalue weighted by molar-refractivity contribution is 7.24. The van der Waals surface area contributed by atoms with Crippen molar-refractivity contribution < 1.29 is 10.2 Å². The maximum Gasteiger partial charge on any atom is 0.197 e. The van der Waals surface area contributed by atoms with Crippen LogP contribution in [0.2, 0.25) is 5.02 Å². The lowest BCUT2D eigenvalue weighted by atomic mass is 10.1. The number of aryl methyl sites for hydroxylation is 1. The predicted molar refractivity (Wildman–Crippen MR) is 110 cm³/mol. The Hall–Kier alpha value is -1.50. The summed E-state index contributed by atoms with van der Waals surface area (Å²) in [6.07, 6.45) is 1.69. The van der Waals surface area contributed by atoms with Gasteiger partial charge in [0.05, 0.1) is 23.6 Å². The fraction of sp³-hybridized carbons (Fsp3) is 0.350. The van der Waals surface area contributed by atoms with Crippen LogP contribution in [0.5, 0.6) is 0 Å². The fourth-order valence-corrected chi connectivity index (χ4v) is 4.77. The van der Waals surface area contributed by atoms with Gasteiger partial charge in [-0.3, -0.25) is 9.69 Å². The van der Waals surface area contributed by atoms with Crippen LogP contribution in [0.1, 0.15) is 12.0 Å². The second-order valence-electron chi connectivity index (χ2n) is 6.23. The van der Waals surface area contributed by atoms with E-state index in [9.17, 15) is 4.79 Å². The predicted octanol–water partition coefficient (Wildman–Crippen LogP) is 3.29. The lowest BCUT2D eigenvalue weighted by molar-refractivity contribution is 0.160. The molecule has 1 aromatic heterocycles. The second-order valence-corrected chi connectivity index (χ2v) is 7.69. The molecule has 1 heterocycles. The summed E-state index contributed by atoms with van der Waals surface area (Å²) in [7, 11) is 0. The molecule has 6 heteroatoms. The van der Waals surface area contributed by atoms with Crippen LogP contribution in [0.25, 0.3) is 20.2 Å². The van der Waals surface area contributed by atoms with Gasteiger partial charge >= 0.3 is 0 Å². The van der Waals surface area contributed by atoms with Gasteiger partial charge in [-0.25, -0.2) is 0 Å². The van der Waals surface area contributed by atoms with Crippen molar-refractivity contribution >= 4 is 43.1 Å². The maximum absolute atomic E-state index is 12.9. The summed E-state index contributed by atoms with van der Waals surface area (Å²) in [6.45, 7) is 2.06. The van der Waals surface area contributed by atoms with Gasteiger partial charge in [-0.1, -0.05) is 29.8 Å². The number of fused-ring (bicyclic) bond motifs is 2. The number of benzene rings is 2. The summed E-state index contributed by atoms with van der Waals surface area (Å²) in [5, 5.41) is 20.0. The molecule has 0 aliphatic carbocycles. The molecule has 4 nitrogen and oxygen atoms in total. The molecular weight excluding hydrogens is 370 g/mol. The van der Waals surface area contributed by atoms with Crippen LogP contribution in [-0.4, -0.2) is 48.0 Å². The molecular formula is C20H22ClNO3S. The topological polar surface area (TPSA) is 60.8 Å². The summed E-state index contributed by atoms with van der Waals surface area (Å²) >= 11 is 7.95. The van der Waals surface area contributed by atoms with Crippen molar-refractivity contribution in [3.05, 3.63) is 57.2 Å². The molecule has 0 bridgehead atoms. The van der Waals surface area contributed by atoms with E-state index in [1.807, 2.05) is 35.2 Å². The smallest absolute Gasteiger partial charge is 0.197 e. The highest BCUT2D eigenvalue weighted by Gasteiger charge is 2.13. The standard InChI is InChI=1S/C20H22ClNO3S/c21-16-8-7-14(4-3-9-22(10-12-23)11-13-24)20-18(16)19(25)15-5-1-2-6-17(15)26-20/h1-2,5-8,23-24H,3-4,9-13H2. The first-order valence-electron chi connectivity index (χ1n) is 8.72. The van der Waals surface area contributed by atoms with Gasteiger partial charge in [0.2, 0.25) is 0 Å². The van der Waals surface area contributed by atoms with Crippen LogP contribution in [0, 0.1) is 0 Å². The number of aliphatic hydroxyl groups excluding tert-OH is 2. The lowest BCUT2D eigenvalue weighted by Gasteiger charge is -2.20. The molecule has 0 saturated heterocycles. The quantitative estimate of drug-likeness (QED) is 0.578. The van der Waals surface area contributed by atoms with Crippen molar-refractivity contribution in [2.24, 2.45) is 0 Å². The van der Waals surface area contributed by atoms with Crippen LogP contribution in [-0.2, 0) is 6.42 Å². The molecule has 0 fully saturated rings. The molecule has 3 rings (SSSR count). The average Bonchev–Trinajstić information content (AvgIpc) is 2.64. The van der Waals surface area contributed by atoms with E-state index in [4.69, 9.17) is 21.8 Å². The fourth-order valence-electron chi connectivity index (χ4n) is 3.23. The van der Waals surface area contributed by atoms with Crippen LogP contribution in [0.3, 0.4) is 0 Å². The molecule has 138 valence electrons. The number of aliphatic hydroxyl groups is 2. The highest BCUT2D eigenvalue weighted by atomic mass is 35.5. The largest absolute Gasteiger partial charge is 0.395 e. The zero-order valence-corrected chi connectivity index (χ0v) is 16.0. The van der Waals surface area contributed by atoms with Crippen LogP contribution < -0.4 is 5.43 Å². The lowest BCUT2D eigenvalue weighted by Crippen LogP contribution is -2.31. The first-order valence-corrected chi connectivity index (χ1v) is 9.92. The molecule has 0 amide bonds. The van der Waals surface area contributed by atoms with Crippen LogP contribution in [0.4, 0.5) is 0 Å². The van der Waals surface area contributed by atoms with Gasteiger partial charge in [0.25, 0.3) is 0 Å². The minimum atomic E-state index is -0.0108. The number of hydrogen-bond donors (Lipinski definition) is 2. The van der Waals surface area contributed by atoms with Gasteiger partial charge in [-0.15, -0.1) is 11.3 Å². The highest BCUT2D eigenvalue weighted by Crippen LogP contribution is 2.32. The molecule has 0 unspecified atom stereocenters. The van der Waals surface area contributed by atoms with E-state index in [0.717, 1.165) is 34.3 Å². The zero-order chi connectivity index (χ0) is 18.5. The second kappa shape index (κ2) is 8.93. The van der Waals surface area contributed by atoms with E-state index in [1.54, 1.807) is 17.4 Å². The summed E-state index contributed by atoms with van der Waals surface area (Å²) in [5.41, 5.74) is 1.11. The van der Waals surface area contributed by atoms with E-state index in [1.165, 1.54) is 0 Å². The Morgan fingerprint density at radius 3 is 2.46 bits per heavy atom. The number of nitrogens with zero attached hydrogens (tertiary/aromatic N) is 1. The zero-order valence-electron chi connectivity index (χ0n) is 14.4. The summed E-state index contributed by atoms with van der Waals surface area (Å²) < 4.78 is 1.92. The van der Waals surface area contributed by atoms with Crippen LogP contribution in [0.15, 0.2) is 41.2 Å². The molecule has 2 aromatic carbocycles. The average molecular weight is 392 g/mol. The number of halogens is 1. The molecule has 0 atom stereocenters. The van der Waals surface area contributed by atoms with Gasteiger partial charge in [-0.2, -0.15) is 0 Å². The molecule has 0 aliphatic heterocycles. The molecule has 3 aromatic rings. The Kier molecular flexibility index (Phi) is 6.62. The molecule has 0 saturated carbocycles. The van der Waals surface area contributed by atoms with Crippen LogP contribution >= 0.6 is 22.9 Å². The Bertz CT molecular complexity index is 951. The van der Waals surface area contributed by atoms with Crippen molar-refractivity contribution in [2.45, 2.75) is 12.8 Å². The Balaban J connectivity index is 1.92. The third kappa shape index (κ3) is 4.08. The SMILES string of the molecule is O=c1c2ccccc2sc2c(CCCN(CCO)CCO)ccc(Cl)c12. The van der Waals surface area contributed by atoms with Crippen molar-refractivity contribution in [3.8, 4) is 0 Å². The van der Waals surface area contributed by atoms with E-state index in [-0.39, 0.29) is 18.6 Å². The van der Waals surface area contributed by atoms with Gasteiger partial charge in [0.15, 0.2) is 5.43 Å². The summed E-state index contributed by atoms with van der Waals surface area (Å²) in [4.78, 5) is 14.9. The first kappa shape index (κ1) is 19.3. The van der Waals surface area contributed by atoms with Crippen molar-refractivity contribution in [1.29, 1.82) is 0 Å². The number of rotatable bonds is 8. The molecule has 0 spiro atoms. The number of hydrogen-bond acceptors (Lipinski definition) is 5. The Labute approximate surface area is 161 Å². The minimum Gasteiger partial charge on any atom is -0.395 e. The van der Waals surface area contributed by atoms with E-state index in [0.29, 0.717) is 28.9 Å². The van der Waals surface area contributed by atoms with Gasteiger partial charge in [-0.05, 0) is 43.1 Å². The Morgan fingerprint density at radius 1 is 1.00 bits per heavy atom. The molecule has 26 heavy (non-hydrogen) atoms. The maximum atomic E-state index is 12.9. The van der Waals surface area contributed by atoms with Gasteiger partial charge in [0, 0.05) is 27.9 Å².